The minimum absolute atomic E-state index is 0.163. The van der Waals surface area contributed by atoms with Crippen molar-refractivity contribution in [3.8, 4) is 5.75 Å². The van der Waals surface area contributed by atoms with E-state index in [2.05, 4.69) is 0 Å². The molecule has 0 amide bonds. The Morgan fingerprint density at radius 3 is 2.68 bits per heavy atom. The minimum Gasteiger partial charge on any atom is -0.503 e. The highest BCUT2D eigenvalue weighted by Crippen LogP contribution is 2.25. The molecule has 1 heterocycles. The van der Waals surface area contributed by atoms with Crippen LogP contribution in [0.3, 0.4) is 0 Å². The van der Waals surface area contributed by atoms with Crippen molar-refractivity contribution in [2.75, 3.05) is 6.61 Å². The van der Waals surface area contributed by atoms with Gasteiger partial charge in [0.1, 0.15) is 0 Å². The second kappa shape index (κ2) is 5.56. The average molecular weight is 263 g/mol. The fourth-order valence-electron chi connectivity index (χ4n) is 1.83. The summed E-state index contributed by atoms with van der Waals surface area (Å²) in [6, 6.07) is 9.26. The van der Waals surface area contributed by atoms with Gasteiger partial charge in [0.25, 0.3) is 0 Å². The van der Waals surface area contributed by atoms with Crippen LogP contribution in [0.25, 0.3) is 0 Å². The monoisotopic (exact) mass is 263 g/mol. The van der Waals surface area contributed by atoms with Crippen LogP contribution in [-0.2, 0) is 11.3 Å². The van der Waals surface area contributed by atoms with Crippen LogP contribution in [0.1, 0.15) is 23.0 Å². The van der Waals surface area contributed by atoms with E-state index in [-0.39, 0.29) is 18.8 Å². The topological polar surface area (TPSA) is 51.5 Å². The number of hydrogen-bond acceptors (Lipinski definition) is 3. The first kappa shape index (κ1) is 13.1. The molecule has 19 heavy (non-hydrogen) atoms. The second-order valence-electron chi connectivity index (χ2n) is 4.01. The third kappa shape index (κ3) is 2.76. The Bertz CT molecular complexity index is 578. The Kier molecular flexibility index (Phi) is 3.85. The zero-order chi connectivity index (χ0) is 13.8. The molecule has 1 aromatic heterocycles. The number of aromatic hydroxyl groups is 1. The number of benzene rings is 1. The Hall–Kier alpha value is -2.30. The fourth-order valence-corrected chi connectivity index (χ4v) is 1.83. The summed E-state index contributed by atoms with van der Waals surface area (Å²) >= 11 is 0. The average Bonchev–Trinajstić information content (AvgIpc) is 2.66. The van der Waals surface area contributed by atoms with Crippen LogP contribution in [0.5, 0.6) is 5.75 Å². The zero-order valence-electron chi connectivity index (χ0n) is 10.5. The summed E-state index contributed by atoms with van der Waals surface area (Å²) < 4.78 is 19.6. The van der Waals surface area contributed by atoms with Crippen molar-refractivity contribution < 1.29 is 19.0 Å². The highest BCUT2D eigenvalue weighted by Gasteiger charge is 2.22. The van der Waals surface area contributed by atoms with Gasteiger partial charge in [0.05, 0.1) is 6.61 Å². The van der Waals surface area contributed by atoms with Crippen LogP contribution in [0.4, 0.5) is 4.39 Å². The fraction of sp³-hybridized carbons (Fsp3) is 0.214. The number of ether oxygens (including phenoxy) is 1. The molecule has 0 bridgehead atoms. The molecule has 0 radical (unpaired) electrons. The highest BCUT2D eigenvalue weighted by molar-refractivity contribution is 5.91. The Balaban J connectivity index is 2.35. The number of carbonyl (C=O) groups is 1. The van der Waals surface area contributed by atoms with Gasteiger partial charge >= 0.3 is 5.97 Å². The van der Waals surface area contributed by atoms with E-state index in [0.717, 1.165) is 11.8 Å². The van der Waals surface area contributed by atoms with E-state index in [1.165, 1.54) is 4.57 Å². The van der Waals surface area contributed by atoms with Gasteiger partial charge in [0, 0.05) is 12.7 Å². The number of esters is 1. The van der Waals surface area contributed by atoms with Gasteiger partial charge in [-0.05, 0) is 12.5 Å². The van der Waals surface area contributed by atoms with Crippen LogP contribution < -0.4 is 0 Å². The number of carbonyl (C=O) groups excluding carboxylic acids is 1. The van der Waals surface area contributed by atoms with Crippen LogP contribution in [-0.4, -0.2) is 22.2 Å². The van der Waals surface area contributed by atoms with E-state index in [1.807, 2.05) is 30.3 Å². The third-order valence-electron chi connectivity index (χ3n) is 2.67. The number of nitrogens with zero attached hydrogens (tertiary/aromatic N) is 1. The Labute approximate surface area is 110 Å². The molecule has 0 saturated carbocycles. The minimum atomic E-state index is -0.834. The van der Waals surface area contributed by atoms with Crippen molar-refractivity contribution in [1.82, 2.24) is 4.57 Å². The van der Waals surface area contributed by atoms with Crippen LogP contribution in [0, 0.1) is 5.82 Å². The Morgan fingerprint density at radius 1 is 1.37 bits per heavy atom. The van der Waals surface area contributed by atoms with Gasteiger partial charge in [0.2, 0.25) is 0 Å². The summed E-state index contributed by atoms with van der Waals surface area (Å²) in [5.41, 5.74) is 0.728. The van der Waals surface area contributed by atoms with Gasteiger partial charge in [-0.1, -0.05) is 30.3 Å². The summed E-state index contributed by atoms with van der Waals surface area (Å²) in [5, 5.41) is 9.60. The molecule has 0 saturated heterocycles. The van der Waals surface area contributed by atoms with Gasteiger partial charge in [-0.25, -0.2) is 9.18 Å². The van der Waals surface area contributed by atoms with E-state index in [0.29, 0.717) is 0 Å². The molecule has 0 unspecified atom stereocenters. The lowest BCUT2D eigenvalue weighted by molar-refractivity contribution is 0.0510. The zero-order valence-corrected chi connectivity index (χ0v) is 10.5. The first-order valence-corrected chi connectivity index (χ1v) is 5.92. The molecule has 0 aliphatic heterocycles. The molecule has 100 valence electrons. The largest absolute Gasteiger partial charge is 0.503 e. The maximum Gasteiger partial charge on any atom is 0.358 e. The molecule has 0 atom stereocenters. The molecule has 2 aromatic rings. The lowest BCUT2D eigenvalue weighted by Gasteiger charge is -2.08. The highest BCUT2D eigenvalue weighted by atomic mass is 19.1. The molecule has 0 spiro atoms. The van der Waals surface area contributed by atoms with Gasteiger partial charge in [-0.2, -0.15) is 0 Å². The molecule has 2 rings (SSSR count). The quantitative estimate of drug-likeness (QED) is 0.862. The normalized spacial score (nSPS) is 10.4. The van der Waals surface area contributed by atoms with Crippen LogP contribution in [0.15, 0.2) is 36.5 Å². The predicted molar refractivity (Wildman–Crippen MR) is 67.6 cm³/mol. The van der Waals surface area contributed by atoms with E-state index in [9.17, 15) is 14.3 Å². The first-order valence-electron chi connectivity index (χ1n) is 5.92. The summed E-state index contributed by atoms with van der Waals surface area (Å²) in [5.74, 6) is -2.24. The maximum atomic E-state index is 13.4. The lowest BCUT2D eigenvalue weighted by atomic mass is 10.2. The molecule has 5 heteroatoms. The first-order chi connectivity index (χ1) is 9.13. The van der Waals surface area contributed by atoms with Crippen molar-refractivity contribution in [3.63, 3.8) is 0 Å². The van der Waals surface area contributed by atoms with Crippen molar-refractivity contribution in [3.05, 3.63) is 53.6 Å². The van der Waals surface area contributed by atoms with E-state index in [4.69, 9.17) is 4.74 Å². The van der Waals surface area contributed by atoms with Crippen LogP contribution in [0.2, 0.25) is 0 Å². The smallest absolute Gasteiger partial charge is 0.358 e. The van der Waals surface area contributed by atoms with Gasteiger partial charge in [-0.3, -0.25) is 0 Å². The molecule has 0 fully saturated rings. The van der Waals surface area contributed by atoms with Gasteiger partial charge < -0.3 is 14.4 Å². The van der Waals surface area contributed by atoms with Gasteiger partial charge in [-0.15, -0.1) is 0 Å². The van der Waals surface area contributed by atoms with Crippen molar-refractivity contribution in [1.29, 1.82) is 0 Å². The van der Waals surface area contributed by atoms with E-state index >= 15 is 0 Å². The molecule has 4 nitrogen and oxygen atoms in total. The Morgan fingerprint density at radius 2 is 2.05 bits per heavy atom. The van der Waals surface area contributed by atoms with Crippen molar-refractivity contribution >= 4 is 5.97 Å². The lowest BCUT2D eigenvalue weighted by Crippen LogP contribution is -2.12. The standard InChI is InChI=1S/C14H14FNO3/c1-2-19-14(18)12-13(17)11(15)9-16(12)8-10-6-4-3-5-7-10/h3-7,9,17H,2,8H2,1H3. The number of hydrogen-bond donors (Lipinski definition) is 1. The molecule has 1 aromatic carbocycles. The molecule has 0 aliphatic rings. The summed E-state index contributed by atoms with van der Waals surface area (Å²) in [4.78, 5) is 11.7. The van der Waals surface area contributed by atoms with Crippen LogP contribution >= 0.6 is 0 Å². The predicted octanol–water partition coefficient (Wildman–Crippen LogP) is 2.56. The SMILES string of the molecule is CCOC(=O)c1c(O)c(F)cn1Cc1ccccc1. The summed E-state index contributed by atoms with van der Waals surface area (Å²) in [6.45, 7) is 2.10. The molecule has 0 aliphatic carbocycles. The summed E-state index contributed by atoms with van der Waals surface area (Å²) in [6.07, 6.45) is 1.09. The summed E-state index contributed by atoms with van der Waals surface area (Å²) in [7, 11) is 0. The van der Waals surface area contributed by atoms with E-state index < -0.39 is 17.5 Å². The molecular weight excluding hydrogens is 249 g/mol. The number of halogens is 1. The van der Waals surface area contributed by atoms with E-state index in [1.54, 1.807) is 6.92 Å². The van der Waals surface area contributed by atoms with Crippen molar-refractivity contribution in [2.24, 2.45) is 0 Å². The maximum absolute atomic E-state index is 13.4. The number of aromatic nitrogens is 1. The molecular formula is C14H14FNO3. The number of rotatable bonds is 4. The second-order valence-corrected chi connectivity index (χ2v) is 4.01. The third-order valence-corrected chi connectivity index (χ3v) is 2.67. The van der Waals surface area contributed by atoms with Gasteiger partial charge in [0.15, 0.2) is 17.3 Å². The molecule has 1 N–H and O–H groups in total. The van der Waals surface area contributed by atoms with Crippen molar-refractivity contribution in [2.45, 2.75) is 13.5 Å².